The van der Waals surface area contributed by atoms with Gasteiger partial charge in [0, 0.05) is 0 Å². The van der Waals surface area contributed by atoms with Crippen LogP contribution in [0.3, 0.4) is 0 Å². The fourth-order valence-corrected chi connectivity index (χ4v) is 2.01. The average molecular weight is 312 g/mol. The summed E-state index contributed by atoms with van der Waals surface area (Å²) >= 11 is 11.5. The molecule has 0 saturated heterocycles. The van der Waals surface area contributed by atoms with E-state index in [0.717, 1.165) is 0 Å². The Morgan fingerprint density at radius 3 is 2.35 bits per heavy atom. The first kappa shape index (κ1) is 14.4. The number of carbonyl (C=O) groups excluding carboxylic acids is 2. The zero-order valence-corrected chi connectivity index (χ0v) is 11.7. The molecule has 0 bridgehead atoms. The molecule has 2 rings (SSSR count). The molecule has 2 amide bonds. The normalized spacial score (nSPS) is 11.9. The monoisotopic (exact) mass is 311 g/mol. The summed E-state index contributed by atoms with van der Waals surface area (Å²) in [5.74, 6) is -1.18. The van der Waals surface area contributed by atoms with Gasteiger partial charge in [-0.2, -0.15) is 0 Å². The Labute approximate surface area is 125 Å². The highest BCUT2D eigenvalue weighted by Crippen LogP contribution is 2.22. The maximum atomic E-state index is 12.0. The molecule has 1 heterocycles. The second kappa shape index (κ2) is 5.98. The van der Waals surface area contributed by atoms with E-state index in [4.69, 9.17) is 28.9 Å². The van der Waals surface area contributed by atoms with Crippen molar-refractivity contribution in [3.63, 3.8) is 0 Å². The van der Waals surface area contributed by atoms with Gasteiger partial charge in [0.1, 0.15) is 16.9 Å². The van der Waals surface area contributed by atoms with Crippen LogP contribution in [-0.4, -0.2) is 16.8 Å². The largest absolute Gasteiger partial charge is 0.368 e. The van der Waals surface area contributed by atoms with Gasteiger partial charge in [-0.25, -0.2) is 0 Å². The van der Waals surface area contributed by atoms with E-state index in [-0.39, 0.29) is 15.9 Å². The molecular formula is C13H11Cl2N3O2. The van der Waals surface area contributed by atoms with Crippen molar-refractivity contribution < 1.29 is 9.59 Å². The fraction of sp³-hybridized carbons (Fsp3) is 0.0769. The summed E-state index contributed by atoms with van der Waals surface area (Å²) < 4.78 is 0. The molecule has 0 spiro atoms. The molecule has 4 N–H and O–H groups in total. The zero-order valence-electron chi connectivity index (χ0n) is 10.2. The van der Waals surface area contributed by atoms with E-state index in [0.29, 0.717) is 5.56 Å². The minimum atomic E-state index is -0.926. The lowest BCUT2D eigenvalue weighted by molar-refractivity contribution is -0.120. The van der Waals surface area contributed by atoms with Crippen molar-refractivity contribution in [2.24, 2.45) is 5.73 Å². The van der Waals surface area contributed by atoms with Crippen LogP contribution >= 0.6 is 23.2 Å². The van der Waals surface area contributed by atoms with Gasteiger partial charge in [0.25, 0.3) is 5.91 Å². The number of aromatic nitrogens is 1. The van der Waals surface area contributed by atoms with Crippen molar-refractivity contribution in [3.05, 3.63) is 57.8 Å². The van der Waals surface area contributed by atoms with Gasteiger partial charge in [-0.3, -0.25) is 9.59 Å². The van der Waals surface area contributed by atoms with Gasteiger partial charge in [-0.15, -0.1) is 0 Å². The summed E-state index contributed by atoms with van der Waals surface area (Å²) in [6.07, 6.45) is 0. The molecular weight excluding hydrogens is 301 g/mol. The number of halogens is 2. The number of hydrogen-bond acceptors (Lipinski definition) is 2. The van der Waals surface area contributed by atoms with Crippen LogP contribution in [0.15, 0.2) is 36.4 Å². The van der Waals surface area contributed by atoms with Gasteiger partial charge in [0.05, 0.1) is 5.02 Å². The lowest BCUT2D eigenvalue weighted by atomic mass is 10.1. The summed E-state index contributed by atoms with van der Waals surface area (Å²) in [6, 6.07) is 9.15. The Morgan fingerprint density at radius 2 is 1.85 bits per heavy atom. The predicted octanol–water partition coefficient (Wildman–Crippen LogP) is 2.28. The summed E-state index contributed by atoms with van der Waals surface area (Å²) in [4.78, 5) is 26.1. The second-order valence-electron chi connectivity index (χ2n) is 4.06. The van der Waals surface area contributed by atoms with Crippen molar-refractivity contribution >= 4 is 35.0 Å². The van der Waals surface area contributed by atoms with Crippen LogP contribution in [0.5, 0.6) is 0 Å². The molecule has 1 aromatic heterocycles. The Morgan fingerprint density at radius 1 is 1.20 bits per heavy atom. The Hall–Kier alpha value is -1.98. The van der Waals surface area contributed by atoms with Gasteiger partial charge < -0.3 is 16.0 Å². The van der Waals surface area contributed by atoms with Gasteiger partial charge in [0.2, 0.25) is 5.91 Å². The number of carbonyl (C=O) groups is 2. The maximum absolute atomic E-state index is 12.0. The van der Waals surface area contributed by atoms with Gasteiger partial charge in [-0.1, -0.05) is 53.5 Å². The molecule has 1 unspecified atom stereocenters. The summed E-state index contributed by atoms with van der Waals surface area (Å²) in [6.45, 7) is 0. The van der Waals surface area contributed by atoms with Crippen molar-refractivity contribution in [1.82, 2.24) is 10.3 Å². The average Bonchev–Trinajstić information content (AvgIpc) is 2.76. The van der Waals surface area contributed by atoms with Gasteiger partial charge in [-0.05, 0) is 11.6 Å². The summed E-state index contributed by atoms with van der Waals surface area (Å²) in [5, 5.41) is 2.92. The molecule has 104 valence electrons. The molecule has 5 nitrogen and oxygen atoms in total. The smallest absolute Gasteiger partial charge is 0.268 e. The van der Waals surface area contributed by atoms with E-state index < -0.39 is 17.9 Å². The third-order valence-corrected chi connectivity index (χ3v) is 3.36. The quantitative estimate of drug-likeness (QED) is 0.808. The van der Waals surface area contributed by atoms with E-state index in [9.17, 15) is 9.59 Å². The number of amides is 2. The number of nitrogens with one attached hydrogen (secondary N) is 2. The lowest BCUT2D eigenvalue weighted by Crippen LogP contribution is -2.37. The first-order valence-electron chi connectivity index (χ1n) is 5.68. The van der Waals surface area contributed by atoms with Crippen LogP contribution < -0.4 is 11.1 Å². The summed E-state index contributed by atoms with van der Waals surface area (Å²) in [7, 11) is 0. The fourth-order valence-electron chi connectivity index (χ4n) is 1.70. The first-order chi connectivity index (χ1) is 9.49. The van der Waals surface area contributed by atoms with E-state index >= 15 is 0 Å². The minimum Gasteiger partial charge on any atom is -0.368 e. The highest BCUT2D eigenvalue weighted by Gasteiger charge is 2.22. The van der Waals surface area contributed by atoms with E-state index in [1.165, 1.54) is 6.07 Å². The third kappa shape index (κ3) is 3.12. The van der Waals surface area contributed by atoms with Crippen molar-refractivity contribution in [3.8, 4) is 0 Å². The van der Waals surface area contributed by atoms with Crippen molar-refractivity contribution in [2.45, 2.75) is 6.04 Å². The second-order valence-corrected chi connectivity index (χ2v) is 4.85. The number of aromatic amines is 1. The first-order valence-corrected chi connectivity index (χ1v) is 6.43. The molecule has 1 aromatic carbocycles. The Kier molecular flexibility index (Phi) is 4.32. The highest BCUT2D eigenvalue weighted by molar-refractivity contribution is 6.41. The molecule has 7 heteroatoms. The predicted molar refractivity (Wildman–Crippen MR) is 76.7 cm³/mol. The molecule has 1 atom stereocenters. The number of benzene rings is 1. The molecule has 0 radical (unpaired) electrons. The third-order valence-electron chi connectivity index (χ3n) is 2.66. The SMILES string of the molecule is NC(=O)C(NC(=O)c1cc(Cl)c(Cl)[nH]1)c1ccccc1. The topological polar surface area (TPSA) is 88.0 Å². The van der Waals surface area contributed by atoms with Crippen LogP contribution in [0.2, 0.25) is 10.2 Å². The number of rotatable bonds is 4. The number of nitrogens with two attached hydrogens (primary N) is 1. The Bertz CT molecular complexity index is 621. The maximum Gasteiger partial charge on any atom is 0.268 e. The van der Waals surface area contributed by atoms with Crippen LogP contribution in [0.1, 0.15) is 22.1 Å². The zero-order chi connectivity index (χ0) is 14.7. The lowest BCUT2D eigenvalue weighted by Gasteiger charge is -2.15. The molecule has 20 heavy (non-hydrogen) atoms. The molecule has 0 aliphatic carbocycles. The number of H-pyrrole nitrogens is 1. The van der Waals surface area contributed by atoms with Crippen LogP contribution in [-0.2, 0) is 4.79 Å². The van der Waals surface area contributed by atoms with Gasteiger partial charge in [0.15, 0.2) is 0 Å². The van der Waals surface area contributed by atoms with Crippen LogP contribution in [0.25, 0.3) is 0 Å². The van der Waals surface area contributed by atoms with Crippen molar-refractivity contribution in [1.29, 1.82) is 0 Å². The molecule has 2 aromatic rings. The minimum absolute atomic E-state index is 0.155. The number of primary amides is 1. The Balaban J connectivity index is 2.21. The van der Waals surface area contributed by atoms with Gasteiger partial charge >= 0.3 is 0 Å². The standard InChI is InChI=1S/C13H11Cl2N3O2/c14-8-6-9(17-11(8)15)13(20)18-10(12(16)19)7-4-2-1-3-5-7/h1-6,10,17H,(H2,16,19)(H,18,20). The van der Waals surface area contributed by atoms with E-state index in [1.807, 2.05) is 0 Å². The molecule has 0 saturated carbocycles. The van der Waals surface area contributed by atoms with Crippen LogP contribution in [0, 0.1) is 0 Å². The van der Waals surface area contributed by atoms with E-state index in [1.54, 1.807) is 30.3 Å². The number of hydrogen-bond donors (Lipinski definition) is 3. The molecule has 0 fully saturated rings. The van der Waals surface area contributed by atoms with Crippen molar-refractivity contribution in [2.75, 3.05) is 0 Å². The highest BCUT2D eigenvalue weighted by atomic mass is 35.5. The molecule has 0 aliphatic heterocycles. The molecule has 0 aliphatic rings. The summed E-state index contributed by atoms with van der Waals surface area (Å²) in [5.41, 5.74) is 6.06. The van der Waals surface area contributed by atoms with Crippen LogP contribution in [0.4, 0.5) is 0 Å². The van der Waals surface area contributed by atoms with E-state index in [2.05, 4.69) is 10.3 Å².